The number of hydrogen-bond acceptors (Lipinski definition) is 2. The third-order valence-electron chi connectivity index (χ3n) is 3.31. The molecule has 3 nitrogen and oxygen atoms in total. The van der Waals surface area contributed by atoms with E-state index in [0.29, 0.717) is 5.02 Å². The average Bonchev–Trinajstić information content (AvgIpc) is 2.98. The van der Waals surface area contributed by atoms with Crippen LogP contribution in [0.5, 0.6) is 0 Å². The topological polar surface area (TPSA) is 32.3 Å². The molecule has 1 heterocycles. The number of para-hydroxylation sites is 1. The molecule has 0 bridgehead atoms. The molecule has 2 amide bonds. The molecule has 0 aromatic heterocycles. The minimum Gasteiger partial charge on any atom is -0.308 e. The Morgan fingerprint density at radius 1 is 1.19 bits per heavy atom. The molecule has 1 saturated heterocycles. The van der Waals surface area contributed by atoms with Crippen LogP contribution in [0.15, 0.2) is 54.6 Å². The lowest BCUT2D eigenvalue weighted by Crippen LogP contribution is -2.34. The second kappa shape index (κ2) is 6.41. The van der Waals surface area contributed by atoms with Crippen molar-refractivity contribution in [3.05, 3.63) is 65.2 Å². The van der Waals surface area contributed by atoms with E-state index < -0.39 is 0 Å². The molecule has 1 aliphatic rings. The fraction of sp³-hybridized carbons (Fsp3) is 0.188. The molecule has 0 spiro atoms. The van der Waals surface area contributed by atoms with Gasteiger partial charge in [-0.25, -0.2) is 4.79 Å². The fourth-order valence-corrected chi connectivity index (χ4v) is 3.78. The Hall–Kier alpha value is -1.65. The summed E-state index contributed by atoms with van der Waals surface area (Å²) in [5.74, 6) is 0.930. The molecule has 2 aromatic carbocycles. The number of carbonyl (C=O) groups excluding carboxylic acids is 1. The van der Waals surface area contributed by atoms with Gasteiger partial charge in [0.05, 0.1) is 0 Å². The van der Waals surface area contributed by atoms with Crippen LogP contribution in [0.25, 0.3) is 0 Å². The summed E-state index contributed by atoms with van der Waals surface area (Å²) in [6.45, 7) is 0.737. The van der Waals surface area contributed by atoms with Gasteiger partial charge in [0.25, 0.3) is 0 Å². The molecule has 108 valence electrons. The lowest BCUT2D eigenvalue weighted by molar-refractivity contribution is 0.214. The van der Waals surface area contributed by atoms with E-state index in [9.17, 15) is 4.79 Å². The highest BCUT2D eigenvalue weighted by atomic mass is 35.5. The summed E-state index contributed by atoms with van der Waals surface area (Å²) < 4.78 is 0. The van der Waals surface area contributed by atoms with Crippen molar-refractivity contribution in [2.45, 2.75) is 5.37 Å². The largest absolute Gasteiger partial charge is 0.323 e. The zero-order valence-electron chi connectivity index (χ0n) is 11.3. The lowest BCUT2D eigenvalue weighted by atomic mass is 10.2. The molecule has 0 radical (unpaired) electrons. The van der Waals surface area contributed by atoms with E-state index in [1.165, 1.54) is 0 Å². The molecule has 3 rings (SSSR count). The van der Waals surface area contributed by atoms with Crippen LogP contribution in [0.4, 0.5) is 10.5 Å². The molecular weight excluding hydrogens is 304 g/mol. The van der Waals surface area contributed by atoms with E-state index in [4.69, 9.17) is 11.6 Å². The number of nitrogens with zero attached hydrogens (tertiary/aromatic N) is 1. The van der Waals surface area contributed by atoms with Crippen LogP contribution in [0.2, 0.25) is 5.02 Å². The average molecular weight is 319 g/mol. The van der Waals surface area contributed by atoms with Gasteiger partial charge in [-0.3, -0.25) is 0 Å². The first-order valence-electron chi connectivity index (χ1n) is 6.74. The third kappa shape index (κ3) is 3.34. The van der Waals surface area contributed by atoms with Crippen molar-refractivity contribution in [1.82, 2.24) is 4.90 Å². The van der Waals surface area contributed by atoms with Crippen LogP contribution in [-0.4, -0.2) is 23.2 Å². The highest BCUT2D eigenvalue weighted by Gasteiger charge is 2.30. The number of nitrogens with one attached hydrogen (secondary N) is 1. The van der Waals surface area contributed by atoms with Gasteiger partial charge in [-0.2, -0.15) is 0 Å². The molecule has 1 atom stereocenters. The number of hydrogen-bond donors (Lipinski definition) is 1. The van der Waals surface area contributed by atoms with Gasteiger partial charge in [-0.1, -0.05) is 41.9 Å². The highest BCUT2D eigenvalue weighted by molar-refractivity contribution is 7.99. The first-order valence-corrected chi connectivity index (χ1v) is 8.16. The molecule has 0 saturated carbocycles. The van der Waals surface area contributed by atoms with Gasteiger partial charge < -0.3 is 10.2 Å². The number of carbonyl (C=O) groups is 1. The first-order chi connectivity index (χ1) is 10.2. The number of rotatable bonds is 2. The SMILES string of the molecule is O=C(Nc1ccccc1)N1CCS[C@H]1c1cccc(Cl)c1. The molecule has 21 heavy (non-hydrogen) atoms. The Morgan fingerprint density at radius 3 is 2.76 bits per heavy atom. The summed E-state index contributed by atoms with van der Waals surface area (Å²) in [5.41, 5.74) is 1.87. The highest BCUT2D eigenvalue weighted by Crippen LogP contribution is 2.38. The molecule has 1 N–H and O–H groups in total. The molecule has 5 heteroatoms. The Labute approximate surface area is 133 Å². The van der Waals surface area contributed by atoms with E-state index in [2.05, 4.69) is 5.32 Å². The maximum absolute atomic E-state index is 12.5. The molecule has 0 aliphatic carbocycles. The normalized spacial score (nSPS) is 17.8. The Kier molecular flexibility index (Phi) is 4.36. The number of urea groups is 1. The molecule has 0 unspecified atom stereocenters. The summed E-state index contributed by atoms with van der Waals surface area (Å²) in [7, 11) is 0. The van der Waals surface area contributed by atoms with Gasteiger partial charge >= 0.3 is 6.03 Å². The molecular formula is C16H15ClN2OS. The van der Waals surface area contributed by atoms with Crippen molar-refractivity contribution in [3.63, 3.8) is 0 Å². The van der Waals surface area contributed by atoms with Crippen LogP contribution >= 0.6 is 23.4 Å². The molecule has 1 aliphatic heterocycles. The Morgan fingerprint density at radius 2 is 2.00 bits per heavy atom. The molecule has 1 fully saturated rings. The quantitative estimate of drug-likeness (QED) is 0.876. The van der Waals surface area contributed by atoms with Crippen LogP contribution in [0.1, 0.15) is 10.9 Å². The second-order valence-corrected chi connectivity index (χ2v) is 6.39. The number of anilines is 1. The van der Waals surface area contributed by atoms with Crippen LogP contribution in [0.3, 0.4) is 0 Å². The predicted octanol–water partition coefficient (Wildman–Crippen LogP) is 4.62. The summed E-state index contributed by atoms with van der Waals surface area (Å²) in [5, 5.41) is 3.66. The van der Waals surface area contributed by atoms with Gasteiger partial charge in [0.2, 0.25) is 0 Å². The minimum absolute atomic E-state index is 0.0208. The van der Waals surface area contributed by atoms with Crippen molar-refractivity contribution < 1.29 is 4.79 Å². The third-order valence-corrected chi connectivity index (χ3v) is 4.81. The van der Waals surface area contributed by atoms with Crippen LogP contribution in [0, 0.1) is 0 Å². The van der Waals surface area contributed by atoms with Crippen LogP contribution < -0.4 is 5.32 Å². The van der Waals surface area contributed by atoms with Crippen molar-refractivity contribution in [2.24, 2.45) is 0 Å². The van der Waals surface area contributed by atoms with E-state index in [1.807, 2.05) is 59.5 Å². The van der Waals surface area contributed by atoms with Gasteiger partial charge in [-0.05, 0) is 29.8 Å². The number of thioether (sulfide) groups is 1. The van der Waals surface area contributed by atoms with Gasteiger partial charge in [0.1, 0.15) is 5.37 Å². The number of benzene rings is 2. The summed E-state index contributed by atoms with van der Waals surface area (Å²) >= 11 is 7.81. The van der Waals surface area contributed by atoms with Crippen molar-refractivity contribution in [2.75, 3.05) is 17.6 Å². The van der Waals surface area contributed by atoms with Crippen molar-refractivity contribution >= 4 is 35.1 Å². The van der Waals surface area contributed by atoms with E-state index in [1.54, 1.807) is 11.8 Å². The predicted molar refractivity (Wildman–Crippen MR) is 88.8 cm³/mol. The fourth-order valence-electron chi connectivity index (χ4n) is 2.33. The number of halogens is 1. The maximum Gasteiger partial charge on any atom is 0.323 e. The minimum atomic E-state index is -0.0730. The summed E-state index contributed by atoms with van der Waals surface area (Å²) in [4.78, 5) is 14.3. The monoisotopic (exact) mass is 318 g/mol. The van der Waals surface area contributed by atoms with Crippen LogP contribution in [-0.2, 0) is 0 Å². The van der Waals surface area contributed by atoms with E-state index in [0.717, 1.165) is 23.5 Å². The second-order valence-electron chi connectivity index (χ2n) is 4.77. The van der Waals surface area contributed by atoms with E-state index in [-0.39, 0.29) is 11.4 Å². The Bertz CT molecular complexity index is 635. The number of amides is 2. The summed E-state index contributed by atoms with van der Waals surface area (Å²) in [6, 6.07) is 17.1. The van der Waals surface area contributed by atoms with Gasteiger partial charge in [0, 0.05) is 23.0 Å². The standard InChI is InChI=1S/C16H15ClN2OS/c17-13-6-4-5-12(11-13)15-19(9-10-21-15)16(20)18-14-7-2-1-3-8-14/h1-8,11,15H,9-10H2,(H,18,20)/t15-/m0/s1. The molecule has 2 aromatic rings. The smallest absolute Gasteiger partial charge is 0.308 e. The first kappa shape index (κ1) is 14.3. The zero-order valence-corrected chi connectivity index (χ0v) is 12.9. The van der Waals surface area contributed by atoms with Crippen molar-refractivity contribution in [1.29, 1.82) is 0 Å². The van der Waals surface area contributed by atoms with Gasteiger partial charge in [-0.15, -0.1) is 11.8 Å². The summed E-state index contributed by atoms with van der Waals surface area (Å²) in [6.07, 6.45) is 0. The van der Waals surface area contributed by atoms with Crippen molar-refractivity contribution in [3.8, 4) is 0 Å². The zero-order chi connectivity index (χ0) is 14.7. The van der Waals surface area contributed by atoms with E-state index >= 15 is 0 Å². The lowest BCUT2D eigenvalue weighted by Gasteiger charge is -2.24. The Balaban J connectivity index is 1.76. The van der Waals surface area contributed by atoms with Gasteiger partial charge in [0.15, 0.2) is 0 Å². The maximum atomic E-state index is 12.5.